The molecule has 2 aromatic carbocycles. The number of ether oxygens (including phenoxy) is 1. The van der Waals surface area contributed by atoms with E-state index >= 15 is 0 Å². The molecule has 5 rings (SSSR count). The van der Waals surface area contributed by atoms with E-state index in [1.807, 2.05) is 47.5 Å². The van der Waals surface area contributed by atoms with Crippen molar-refractivity contribution in [1.82, 2.24) is 10.0 Å². The van der Waals surface area contributed by atoms with Crippen molar-refractivity contribution in [1.29, 1.82) is 5.26 Å². The minimum absolute atomic E-state index is 0.0700. The lowest BCUT2D eigenvalue weighted by atomic mass is 9.72. The van der Waals surface area contributed by atoms with Gasteiger partial charge in [-0.05, 0) is 35.6 Å². The number of nitrogens with two attached hydrogens (primary N) is 1. The van der Waals surface area contributed by atoms with Crippen LogP contribution in [0.25, 0.3) is 0 Å². The lowest BCUT2D eigenvalue weighted by Gasteiger charge is -2.47. The molecule has 1 aliphatic carbocycles. The van der Waals surface area contributed by atoms with Crippen molar-refractivity contribution in [2.45, 2.75) is 24.7 Å². The van der Waals surface area contributed by atoms with Gasteiger partial charge in [0, 0.05) is 35.3 Å². The Labute approximate surface area is 202 Å². The van der Waals surface area contributed by atoms with Crippen LogP contribution in [0.4, 0.5) is 0 Å². The van der Waals surface area contributed by atoms with Gasteiger partial charge in [-0.1, -0.05) is 58.4 Å². The molecule has 2 aromatic rings. The van der Waals surface area contributed by atoms with E-state index in [-0.39, 0.29) is 11.7 Å². The topological polar surface area (TPSA) is 82.6 Å². The Kier molecular flexibility index (Phi) is 6.07. The number of carbonyl (C=O) groups is 1. The van der Waals surface area contributed by atoms with Gasteiger partial charge in [-0.25, -0.2) is 5.01 Å². The molecule has 0 saturated carbocycles. The highest BCUT2D eigenvalue weighted by molar-refractivity contribution is 9.10. The van der Waals surface area contributed by atoms with Gasteiger partial charge in [0.1, 0.15) is 5.82 Å². The summed E-state index contributed by atoms with van der Waals surface area (Å²) in [6.45, 7) is 2.47. The Morgan fingerprint density at radius 2 is 1.76 bits per heavy atom. The number of halogens is 1. The first-order valence-electron chi connectivity index (χ1n) is 11.2. The zero-order chi connectivity index (χ0) is 22.9. The summed E-state index contributed by atoms with van der Waals surface area (Å²) in [5, 5.41) is 14.2. The number of nitriles is 1. The highest BCUT2D eigenvalue weighted by atomic mass is 79.9. The SMILES string of the molecule is N#CC1=C(N)N(N2CCOCC2)C2=C(C(=O)C[C@H](c3ccccc3)C2)[C@H]1c1cccc(Br)c1. The van der Waals surface area contributed by atoms with E-state index in [4.69, 9.17) is 10.5 Å². The summed E-state index contributed by atoms with van der Waals surface area (Å²) in [5.74, 6) is 0.0859. The van der Waals surface area contributed by atoms with Crippen molar-refractivity contribution in [3.8, 4) is 6.07 Å². The third kappa shape index (κ3) is 3.99. The van der Waals surface area contributed by atoms with Gasteiger partial charge in [0.05, 0.1) is 30.8 Å². The van der Waals surface area contributed by atoms with Crippen LogP contribution in [0.15, 0.2) is 81.7 Å². The molecule has 7 heteroatoms. The fourth-order valence-electron chi connectivity index (χ4n) is 5.17. The van der Waals surface area contributed by atoms with Crippen LogP contribution in [0.3, 0.4) is 0 Å². The first-order chi connectivity index (χ1) is 16.1. The summed E-state index contributed by atoms with van der Waals surface area (Å²) in [7, 11) is 0. The molecular formula is C26H25BrN4O2. The van der Waals surface area contributed by atoms with Crippen LogP contribution in [0.2, 0.25) is 0 Å². The number of hydrogen-bond donors (Lipinski definition) is 1. The van der Waals surface area contributed by atoms with Gasteiger partial charge < -0.3 is 10.5 Å². The average Bonchev–Trinajstić information content (AvgIpc) is 2.84. The molecule has 0 aromatic heterocycles. The second-order valence-electron chi connectivity index (χ2n) is 8.58. The van der Waals surface area contributed by atoms with E-state index in [0.717, 1.165) is 21.3 Å². The van der Waals surface area contributed by atoms with Crippen LogP contribution in [-0.4, -0.2) is 42.1 Å². The van der Waals surface area contributed by atoms with E-state index in [1.165, 1.54) is 0 Å². The molecule has 0 unspecified atom stereocenters. The van der Waals surface area contributed by atoms with E-state index < -0.39 is 5.92 Å². The molecule has 0 radical (unpaired) electrons. The largest absolute Gasteiger partial charge is 0.383 e. The first kappa shape index (κ1) is 21.9. The van der Waals surface area contributed by atoms with Crippen LogP contribution in [0.1, 0.15) is 35.8 Å². The van der Waals surface area contributed by atoms with Crippen LogP contribution < -0.4 is 5.73 Å². The van der Waals surface area contributed by atoms with Gasteiger partial charge in [0.25, 0.3) is 0 Å². The van der Waals surface area contributed by atoms with Crippen LogP contribution in [0.5, 0.6) is 0 Å². The number of nitrogens with zero attached hydrogens (tertiary/aromatic N) is 3. The normalized spacial score (nSPS) is 24.0. The Morgan fingerprint density at radius 3 is 2.45 bits per heavy atom. The summed E-state index contributed by atoms with van der Waals surface area (Å²) >= 11 is 3.54. The van der Waals surface area contributed by atoms with Crippen molar-refractivity contribution in [2.24, 2.45) is 5.73 Å². The maximum atomic E-state index is 13.8. The fourth-order valence-corrected chi connectivity index (χ4v) is 5.59. The number of Topliss-reactive ketones (excluding diaryl/α,β-unsaturated/α-hetero) is 1. The molecule has 2 N–H and O–H groups in total. The Balaban J connectivity index is 1.67. The average molecular weight is 505 g/mol. The van der Waals surface area contributed by atoms with E-state index in [0.29, 0.717) is 56.1 Å². The molecule has 1 saturated heterocycles. The Hall–Kier alpha value is -2.92. The van der Waals surface area contributed by atoms with E-state index in [2.05, 4.69) is 39.1 Å². The van der Waals surface area contributed by atoms with Crippen LogP contribution in [0, 0.1) is 11.3 Å². The quantitative estimate of drug-likeness (QED) is 0.674. The summed E-state index contributed by atoms with van der Waals surface area (Å²) in [6, 6.07) is 20.3. The summed E-state index contributed by atoms with van der Waals surface area (Å²) in [4.78, 5) is 13.8. The summed E-state index contributed by atoms with van der Waals surface area (Å²) in [6.07, 6.45) is 1.11. The monoisotopic (exact) mass is 504 g/mol. The van der Waals surface area contributed by atoms with Crippen LogP contribution >= 0.6 is 15.9 Å². The molecule has 6 nitrogen and oxygen atoms in total. The number of rotatable bonds is 3. The Morgan fingerprint density at radius 1 is 1.03 bits per heavy atom. The smallest absolute Gasteiger partial charge is 0.162 e. The molecule has 1 fully saturated rings. The number of hydrogen-bond acceptors (Lipinski definition) is 6. The number of allylic oxidation sites excluding steroid dienone is 3. The summed E-state index contributed by atoms with van der Waals surface area (Å²) in [5.41, 5.74) is 10.8. The minimum atomic E-state index is -0.469. The van der Waals surface area contributed by atoms with Gasteiger partial charge in [0.15, 0.2) is 5.78 Å². The second kappa shape index (κ2) is 9.14. The van der Waals surface area contributed by atoms with Crippen molar-refractivity contribution in [2.75, 3.05) is 26.3 Å². The molecular weight excluding hydrogens is 480 g/mol. The van der Waals surface area contributed by atoms with Gasteiger partial charge in [-0.15, -0.1) is 0 Å². The minimum Gasteiger partial charge on any atom is -0.383 e. The Bertz CT molecular complexity index is 1180. The maximum absolute atomic E-state index is 13.8. The molecule has 33 heavy (non-hydrogen) atoms. The molecule has 168 valence electrons. The third-order valence-corrected chi connectivity index (χ3v) is 7.16. The van der Waals surface area contributed by atoms with E-state index in [1.54, 1.807) is 0 Å². The second-order valence-corrected chi connectivity index (χ2v) is 9.49. The molecule has 3 aliphatic rings. The van der Waals surface area contributed by atoms with Gasteiger partial charge in [-0.3, -0.25) is 9.80 Å². The molecule has 0 bridgehead atoms. The van der Waals surface area contributed by atoms with Crippen molar-refractivity contribution < 1.29 is 9.53 Å². The number of ketones is 1. The van der Waals surface area contributed by atoms with E-state index in [9.17, 15) is 10.1 Å². The number of morpholine rings is 1. The third-order valence-electron chi connectivity index (χ3n) is 6.66. The van der Waals surface area contributed by atoms with Gasteiger partial charge >= 0.3 is 0 Å². The molecule has 2 atom stereocenters. The fraction of sp³-hybridized carbons (Fsp3) is 0.308. The molecule has 2 aliphatic heterocycles. The predicted molar refractivity (Wildman–Crippen MR) is 128 cm³/mol. The molecule has 0 amide bonds. The molecule has 2 heterocycles. The van der Waals surface area contributed by atoms with Crippen molar-refractivity contribution >= 4 is 21.7 Å². The van der Waals surface area contributed by atoms with Crippen LogP contribution in [-0.2, 0) is 9.53 Å². The lowest BCUT2D eigenvalue weighted by molar-refractivity contribution is -0.117. The lowest BCUT2D eigenvalue weighted by Crippen LogP contribution is -2.52. The first-order valence-corrected chi connectivity index (χ1v) is 12.0. The number of carbonyl (C=O) groups excluding carboxylic acids is 1. The zero-order valence-electron chi connectivity index (χ0n) is 18.2. The van der Waals surface area contributed by atoms with Crippen molar-refractivity contribution in [3.05, 3.63) is 92.9 Å². The highest BCUT2D eigenvalue weighted by Gasteiger charge is 2.44. The zero-order valence-corrected chi connectivity index (χ0v) is 19.8. The van der Waals surface area contributed by atoms with Gasteiger partial charge in [-0.2, -0.15) is 5.26 Å². The van der Waals surface area contributed by atoms with Crippen molar-refractivity contribution in [3.63, 3.8) is 0 Å². The molecule has 0 spiro atoms. The number of benzene rings is 2. The predicted octanol–water partition coefficient (Wildman–Crippen LogP) is 4.19. The van der Waals surface area contributed by atoms with Gasteiger partial charge in [0.2, 0.25) is 0 Å². The highest BCUT2D eigenvalue weighted by Crippen LogP contribution is 2.48. The standard InChI is InChI=1S/C26H25BrN4O2/c27-20-8-4-7-18(13-20)24-21(16-28)26(29)31(30-9-11-33-12-10-30)22-14-19(15-23(32)25(22)24)17-5-2-1-3-6-17/h1-8,13,19,24H,9-12,14-15,29H2/t19-,24+/m1/s1. The summed E-state index contributed by atoms with van der Waals surface area (Å²) < 4.78 is 6.45. The maximum Gasteiger partial charge on any atom is 0.162 e. The number of hydrazine groups is 1.